The van der Waals surface area contributed by atoms with Crippen molar-refractivity contribution < 1.29 is 4.74 Å². The van der Waals surface area contributed by atoms with Crippen molar-refractivity contribution in [1.82, 2.24) is 4.98 Å². The molecular weight excluding hydrogens is 274 g/mol. The molecule has 0 amide bonds. The Morgan fingerprint density at radius 3 is 2.50 bits per heavy atom. The first-order valence-corrected chi connectivity index (χ1v) is 7.19. The van der Waals surface area contributed by atoms with Gasteiger partial charge in [-0.3, -0.25) is 4.79 Å². The topological polar surface area (TPSA) is 42.1 Å². The summed E-state index contributed by atoms with van der Waals surface area (Å²) in [4.78, 5) is 14.2. The Labute approximate surface area is 129 Å². The highest BCUT2D eigenvalue weighted by Crippen LogP contribution is 2.25. The zero-order valence-corrected chi connectivity index (χ0v) is 12.4. The van der Waals surface area contributed by atoms with Gasteiger partial charge in [-0.2, -0.15) is 0 Å². The summed E-state index contributed by atoms with van der Waals surface area (Å²) in [6.45, 7) is 2.55. The van der Waals surface area contributed by atoms with Gasteiger partial charge < -0.3 is 9.72 Å². The third-order valence-corrected chi connectivity index (χ3v) is 3.49. The van der Waals surface area contributed by atoms with Gasteiger partial charge in [0.25, 0.3) is 0 Å². The first-order chi connectivity index (χ1) is 10.7. The molecule has 1 N–H and O–H groups in total. The summed E-state index contributed by atoms with van der Waals surface area (Å²) in [6, 6.07) is 21.1. The molecule has 0 fully saturated rings. The van der Waals surface area contributed by atoms with Gasteiger partial charge in [0.1, 0.15) is 12.4 Å². The molecule has 0 radical (unpaired) electrons. The van der Waals surface area contributed by atoms with Crippen LogP contribution in [-0.4, -0.2) is 4.98 Å². The fraction of sp³-hybridized carbons (Fsp3) is 0.105. The Kier molecular flexibility index (Phi) is 4.05. The van der Waals surface area contributed by atoms with Crippen LogP contribution in [0.5, 0.6) is 5.75 Å². The van der Waals surface area contributed by atoms with Crippen LogP contribution in [0.3, 0.4) is 0 Å². The van der Waals surface area contributed by atoms with Crippen LogP contribution in [0.2, 0.25) is 0 Å². The molecule has 110 valence electrons. The molecule has 3 heteroatoms. The Balaban J connectivity index is 1.79. The van der Waals surface area contributed by atoms with E-state index in [2.05, 4.69) is 4.98 Å². The van der Waals surface area contributed by atoms with Gasteiger partial charge in [-0.15, -0.1) is 0 Å². The molecule has 0 saturated heterocycles. The molecule has 0 saturated carbocycles. The molecule has 0 atom stereocenters. The average molecular weight is 291 g/mol. The Bertz CT molecular complexity index is 822. The van der Waals surface area contributed by atoms with Crippen LogP contribution >= 0.6 is 0 Å². The second-order valence-electron chi connectivity index (χ2n) is 5.18. The van der Waals surface area contributed by atoms with Gasteiger partial charge in [0.05, 0.1) is 0 Å². The summed E-state index contributed by atoms with van der Waals surface area (Å²) < 4.78 is 5.87. The second-order valence-corrected chi connectivity index (χ2v) is 5.18. The number of rotatable bonds is 4. The quantitative estimate of drug-likeness (QED) is 0.791. The summed E-state index contributed by atoms with van der Waals surface area (Å²) in [5.41, 5.74) is 3.86. The van der Waals surface area contributed by atoms with E-state index in [1.54, 1.807) is 6.07 Å². The number of hydrogen-bond acceptors (Lipinski definition) is 2. The average Bonchev–Trinajstić information content (AvgIpc) is 2.54. The van der Waals surface area contributed by atoms with E-state index in [1.165, 1.54) is 6.07 Å². The maximum Gasteiger partial charge on any atom is 0.248 e. The Morgan fingerprint density at radius 1 is 0.955 bits per heavy atom. The molecule has 0 aliphatic carbocycles. The summed E-state index contributed by atoms with van der Waals surface area (Å²) in [7, 11) is 0. The van der Waals surface area contributed by atoms with Crippen molar-refractivity contribution in [2.75, 3.05) is 0 Å². The van der Waals surface area contributed by atoms with Crippen molar-refractivity contribution in [2.45, 2.75) is 13.5 Å². The van der Waals surface area contributed by atoms with E-state index in [0.29, 0.717) is 6.61 Å². The van der Waals surface area contributed by atoms with Gasteiger partial charge in [0.15, 0.2) is 0 Å². The van der Waals surface area contributed by atoms with Crippen molar-refractivity contribution in [1.29, 1.82) is 0 Å². The van der Waals surface area contributed by atoms with E-state index in [0.717, 1.165) is 28.1 Å². The third-order valence-electron chi connectivity index (χ3n) is 3.49. The third kappa shape index (κ3) is 3.26. The predicted molar refractivity (Wildman–Crippen MR) is 88.0 cm³/mol. The molecule has 1 aromatic heterocycles. The molecule has 3 nitrogen and oxygen atoms in total. The second kappa shape index (κ2) is 6.31. The summed E-state index contributed by atoms with van der Waals surface area (Å²) in [5.74, 6) is 0.853. The van der Waals surface area contributed by atoms with E-state index in [9.17, 15) is 4.79 Å². The number of aromatic amines is 1. The number of pyridine rings is 1. The number of aryl methyl sites for hydroxylation is 1. The van der Waals surface area contributed by atoms with Gasteiger partial charge in [-0.1, -0.05) is 36.4 Å². The number of benzene rings is 2. The van der Waals surface area contributed by atoms with Crippen LogP contribution in [0.25, 0.3) is 11.3 Å². The molecular formula is C19H17NO2. The van der Waals surface area contributed by atoms with Crippen molar-refractivity contribution in [2.24, 2.45) is 0 Å². The van der Waals surface area contributed by atoms with Gasteiger partial charge >= 0.3 is 0 Å². The minimum absolute atomic E-state index is 0.0976. The molecule has 0 aliphatic rings. The standard InChI is InChI=1S/C19H17NO2/c1-14-12-16(17-8-5-9-19(21)20-17)10-11-18(14)22-13-15-6-3-2-4-7-15/h2-12H,13H2,1H3,(H,20,21). The molecule has 0 aliphatic heterocycles. The SMILES string of the molecule is Cc1cc(-c2cccc(=O)[nH]2)ccc1OCc1ccccc1. The maximum atomic E-state index is 11.4. The largest absolute Gasteiger partial charge is 0.489 e. The van der Waals surface area contributed by atoms with E-state index >= 15 is 0 Å². The fourth-order valence-corrected chi connectivity index (χ4v) is 2.33. The van der Waals surface area contributed by atoms with E-state index in [-0.39, 0.29) is 5.56 Å². The molecule has 3 aromatic rings. The van der Waals surface area contributed by atoms with Crippen LogP contribution in [-0.2, 0) is 6.61 Å². The lowest BCUT2D eigenvalue weighted by Crippen LogP contribution is -2.03. The van der Waals surface area contributed by atoms with Crippen molar-refractivity contribution >= 4 is 0 Å². The Morgan fingerprint density at radius 2 is 1.77 bits per heavy atom. The highest BCUT2D eigenvalue weighted by atomic mass is 16.5. The molecule has 2 aromatic carbocycles. The van der Waals surface area contributed by atoms with Gasteiger partial charge in [0, 0.05) is 11.8 Å². The normalized spacial score (nSPS) is 10.4. The zero-order chi connectivity index (χ0) is 15.4. The minimum atomic E-state index is -0.0976. The minimum Gasteiger partial charge on any atom is -0.489 e. The van der Waals surface area contributed by atoms with Crippen LogP contribution in [0, 0.1) is 6.92 Å². The van der Waals surface area contributed by atoms with Crippen molar-refractivity contribution in [3.8, 4) is 17.0 Å². The molecule has 0 unspecified atom stereocenters. The number of H-pyrrole nitrogens is 1. The Hall–Kier alpha value is -2.81. The summed E-state index contributed by atoms with van der Waals surface area (Å²) in [6.07, 6.45) is 0. The summed E-state index contributed by atoms with van der Waals surface area (Å²) >= 11 is 0. The van der Waals surface area contributed by atoms with Crippen LogP contribution in [0.4, 0.5) is 0 Å². The lowest BCUT2D eigenvalue weighted by Gasteiger charge is -2.11. The van der Waals surface area contributed by atoms with Crippen molar-refractivity contribution in [3.05, 3.63) is 88.2 Å². The molecule has 22 heavy (non-hydrogen) atoms. The highest BCUT2D eigenvalue weighted by Gasteiger charge is 2.04. The van der Waals surface area contributed by atoms with Crippen LogP contribution < -0.4 is 10.3 Å². The molecule has 3 rings (SSSR count). The number of nitrogens with one attached hydrogen (secondary N) is 1. The lowest BCUT2D eigenvalue weighted by atomic mass is 10.1. The van der Waals surface area contributed by atoms with Gasteiger partial charge in [-0.25, -0.2) is 0 Å². The zero-order valence-electron chi connectivity index (χ0n) is 12.4. The first-order valence-electron chi connectivity index (χ1n) is 7.19. The predicted octanol–water partition coefficient (Wildman–Crippen LogP) is 3.93. The maximum absolute atomic E-state index is 11.4. The van der Waals surface area contributed by atoms with Crippen LogP contribution in [0.1, 0.15) is 11.1 Å². The lowest BCUT2D eigenvalue weighted by molar-refractivity contribution is 0.304. The smallest absolute Gasteiger partial charge is 0.248 e. The molecule has 1 heterocycles. The fourth-order valence-electron chi connectivity index (χ4n) is 2.33. The monoisotopic (exact) mass is 291 g/mol. The summed E-state index contributed by atoms with van der Waals surface area (Å²) in [5, 5.41) is 0. The van der Waals surface area contributed by atoms with E-state index in [1.807, 2.05) is 61.5 Å². The number of ether oxygens (including phenoxy) is 1. The molecule has 0 bridgehead atoms. The number of hydrogen-bond donors (Lipinski definition) is 1. The van der Waals surface area contributed by atoms with Gasteiger partial charge in [0.2, 0.25) is 5.56 Å². The van der Waals surface area contributed by atoms with Crippen LogP contribution in [0.15, 0.2) is 71.5 Å². The molecule has 0 spiro atoms. The van der Waals surface area contributed by atoms with Gasteiger partial charge in [-0.05, 0) is 47.9 Å². The number of aromatic nitrogens is 1. The first kappa shape index (κ1) is 14.1. The van der Waals surface area contributed by atoms with E-state index in [4.69, 9.17) is 4.74 Å². The highest BCUT2D eigenvalue weighted by molar-refractivity contribution is 5.61. The van der Waals surface area contributed by atoms with Crippen molar-refractivity contribution in [3.63, 3.8) is 0 Å². The van der Waals surface area contributed by atoms with E-state index < -0.39 is 0 Å².